The molecule has 0 radical (unpaired) electrons. The Morgan fingerprint density at radius 3 is 2.60 bits per heavy atom. The highest BCUT2D eigenvalue weighted by Gasteiger charge is 2.20. The number of methoxy groups -OCH3 is 1. The number of nitrogens with zero attached hydrogens (tertiary/aromatic N) is 1. The quantitative estimate of drug-likeness (QED) is 0.489. The summed E-state index contributed by atoms with van der Waals surface area (Å²) in [7, 11) is 1.52. The fourth-order valence-electron chi connectivity index (χ4n) is 3.45. The van der Waals surface area contributed by atoms with E-state index in [0.29, 0.717) is 28.7 Å². The fourth-order valence-corrected chi connectivity index (χ4v) is 3.73. The molecule has 1 aliphatic rings. The number of aryl methyl sites for hydroxylation is 1. The van der Waals surface area contributed by atoms with Gasteiger partial charge in [0.1, 0.15) is 18.2 Å². The minimum atomic E-state index is -0.362. The van der Waals surface area contributed by atoms with Gasteiger partial charge in [-0.3, -0.25) is 4.79 Å². The topological polar surface area (TPSA) is 71.3 Å². The molecule has 0 aliphatic heterocycles. The Morgan fingerprint density at radius 1 is 1.27 bits per heavy atom. The van der Waals surface area contributed by atoms with Gasteiger partial charge in [-0.1, -0.05) is 54.3 Å². The van der Waals surface area contributed by atoms with Crippen LogP contribution in [-0.4, -0.2) is 19.1 Å². The highest BCUT2D eigenvalue weighted by molar-refractivity contribution is 6.32. The van der Waals surface area contributed by atoms with Gasteiger partial charge in [-0.2, -0.15) is 5.26 Å². The van der Waals surface area contributed by atoms with Crippen molar-refractivity contribution in [2.24, 2.45) is 0 Å². The third-order valence-electron chi connectivity index (χ3n) is 5.12. The summed E-state index contributed by atoms with van der Waals surface area (Å²) in [5, 5.41) is 12.7. The lowest BCUT2D eigenvalue weighted by atomic mass is 10.1. The van der Waals surface area contributed by atoms with Gasteiger partial charge in [0.15, 0.2) is 11.5 Å². The van der Waals surface area contributed by atoms with Gasteiger partial charge in [-0.25, -0.2) is 0 Å². The molecule has 0 aromatic heterocycles. The molecule has 6 heteroatoms. The summed E-state index contributed by atoms with van der Waals surface area (Å²) in [5.74, 6) is 0.499. The second-order valence-electron chi connectivity index (χ2n) is 7.43. The Labute approximate surface area is 182 Å². The van der Waals surface area contributed by atoms with Crippen LogP contribution < -0.4 is 14.8 Å². The zero-order chi connectivity index (χ0) is 21.5. The number of ether oxygens (including phenoxy) is 2. The highest BCUT2D eigenvalue weighted by atomic mass is 35.5. The molecule has 0 unspecified atom stereocenters. The molecule has 0 spiro atoms. The monoisotopic (exact) mass is 424 g/mol. The predicted octanol–water partition coefficient (Wildman–Crippen LogP) is 5.20. The van der Waals surface area contributed by atoms with Crippen LogP contribution in [0.1, 0.15) is 42.4 Å². The van der Waals surface area contributed by atoms with E-state index >= 15 is 0 Å². The highest BCUT2D eigenvalue weighted by Crippen LogP contribution is 2.37. The average molecular weight is 425 g/mol. The van der Waals surface area contributed by atoms with E-state index in [1.807, 2.05) is 37.3 Å². The Kier molecular flexibility index (Phi) is 7.37. The molecule has 0 saturated heterocycles. The second-order valence-corrected chi connectivity index (χ2v) is 7.84. The van der Waals surface area contributed by atoms with Crippen molar-refractivity contribution in [1.29, 1.82) is 5.26 Å². The Morgan fingerprint density at radius 2 is 1.97 bits per heavy atom. The van der Waals surface area contributed by atoms with E-state index in [1.165, 1.54) is 18.7 Å². The van der Waals surface area contributed by atoms with Crippen LogP contribution in [0.3, 0.4) is 0 Å². The molecule has 0 bridgehead atoms. The van der Waals surface area contributed by atoms with Crippen molar-refractivity contribution in [3.05, 3.63) is 63.7 Å². The third-order valence-corrected chi connectivity index (χ3v) is 5.40. The maximum absolute atomic E-state index is 12.4. The van der Waals surface area contributed by atoms with E-state index in [1.54, 1.807) is 12.1 Å². The average Bonchev–Trinajstić information content (AvgIpc) is 3.25. The first-order valence-corrected chi connectivity index (χ1v) is 10.4. The van der Waals surface area contributed by atoms with Crippen molar-refractivity contribution in [2.75, 3.05) is 7.11 Å². The number of nitriles is 1. The SMILES string of the molecule is COc1cc(/C=C(/C#N)C(=O)NC2CCCC2)cc(Cl)c1OCc1ccc(C)cc1. The normalized spacial score (nSPS) is 14.3. The number of carbonyl (C=O) groups excluding carboxylic acids is 1. The molecule has 2 aromatic carbocycles. The number of hydrogen-bond donors (Lipinski definition) is 1. The number of nitrogens with one attached hydrogen (secondary N) is 1. The summed E-state index contributed by atoms with van der Waals surface area (Å²) >= 11 is 6.43. The first-order chi connectivity index (χ1) is 14.5. The first kappa shape index (κ1) is 21.7. The third kappa shape index (κ3) is 5.55. The molecule has 156 valence electrons. The van der Waals surface area contributed by atoms with Gasteiger partial charge in [-0.05, 0) is 49.1 Å². The van der Waals surface area contributed by atoms with Crippen molar-refractivity contribution in [3.8, 4) is 17.6 Å². The zero-order valence-electron chi connectivity index (χ0n) is 17.2. The molecule has 2 aromatic rings. The molecule has 0 heterocycles. The molecule has 30 heavy (non-hydrogen) atoms. The van der Waals surface area contributed by atoms with Gasteiger partial charge in [0.2, 0.25) is 0 Å². The molecule has 0 atom stereocenters. The molecule has 5 nitrogen and oxygen atoms in total. The van der Waals surface area contributed by atoms with Crippen molar-refractivity contribution >= 4 is 23.6 Å². The maximum atomic E-state index is 12.4. The maximum Gasteiger partial charge on any atom is 0.262 e. The fraction of sp³-hybridized carbons (Fsp3) is 0.333. The summed E-state index contributed by atoms with van der Waals surface area (Å²) < 4.78 is 11.3. The van der Waals surface area contributed by atoms with E-state index in [-0.39, 0.29) is 17.5 Å². The van der Waals surface area contributed by atoms with Gasteiger partial charge in [0.05, 0.1) is 12.1 Å². The van der Waals surface area contributed by atoms with Crippen LogP contribution in [-0.2, 0) is 11.4 Å². The van der Waals surface area contributed by atoms with E-state index in [9.17, 15) is 10.1 Å². The Hall–Kier alpha value is -2.97. The smallest absolute Gasteiger partial charge is 0.262 e. The zero-order valence-corrected chi connectivity index (χ0v) is 18.0. The van der Waals surface area contributed by atoms with Crippen LogP contribution in [0.4, 0.5) is 0 Å². The largest absolute Gasteiger partial charge is 0.493 e. The lowest BCUT2D eigenvalue weighted by molar-refractivity contribution is -0.117. The minimum Gasteiger partial charge on any atom is -0.493 e. The van der Waals surface area contributed by atoms with Crippen LogP contribution in [0.25, 0.3) is 6.08 Å². The molecule has 1 saturated carbocycles. The van der Waals surface area contributed by atoms with Gasteiger partial charge in [0, 0.05) is 6.04 Å². The number of benzene rings is 2. The molecule has 3 rings (SSSR count). The van der Waals surface area contributed by atoms with Gasteiger partial charge < -0.3 is 14.8 Å². The first-order valence-electron chi connectivity index (χ1n) is 9.98. The van der Waals surface area contributed by atoms with E-state index < -0.39 is 0 Å². The summed E-state index contributed by atoms with van der Waals surface area (Å²) in [6.07, 6.45) is 5.64. The summed E-state index contributed by atoms with van der Waals surface area (Å²) in [4.78, 5) is 12.4. The van der Waals surface area contributed by atoms with Gasteiger partial charge >= 0.3 is 0 Å². The molecular weight excluding hydrogens is 400 g/mol. The minimum absolute atomic E-state index is 0.0355. The van der Waals surface area contributed by atoms with Crippen LogP contribution in [0.2, 0.25) is 5.02 Å². The molecule has 1 aliphatic carbocycles. The lowest BCUT2D eigenvalue weighted by Gasteiger charge is -2.14. The van der Waals surface area contributed by atoms with Crippen LogP contribution in [0.5, 0.6) is 11.5 Å². The van der Waals surface area contributed by atoms with Crippen molar-refractivity contribution < 1.29 is 14.3 Å². The van der Waals surface area contributed by atoms with Crippen molar-refractivity contribution in [2.45, 2.75) is 45.3 Å². The predicted molar refractivity (Wildman–Crippen MR) is 118 cm³/mol. The summed E-state index contributed by atoms with van der Waals surface area (Å²) in [6.45, 7) is 2.37. The summed E-state index contributed by atoms with van der Waals surface area (Å²) in [5.41, 5.74) is 2.82. The number of rotatable bonds is 7. The van der Waals surface area contributed by atoms with Crippen LogP contribution in [0.15, 0.2) is 42.0 Å². The lowest BCUT2D eigenvalue weighted by Crippen LogP contribution is -2.33. The number of amides is 1. The Balaban J connectivity index is 1.77. The number of halogens is 1. The Bertz CT molecular complexity index is 971. The van der Waals surface area contributed by atoms with Gasteiger partial charge in [0.25, 0.3) is 5.91 Å². The molecule has 1 amide bonds. The number of hydrogen-bond acceptors (Lipinski definition) is 4. The van der Waals surface area contributed by atoms with Crippen molar-refractivity contribution in [3.63, 3.8) is 0 Å². The molecule has 1 N–H and O–H groups in total. The molecule has 1 fully saturated rings. The van der Waals surface area contributed by atoms with E-state index in [2.05, 4.69) is 5.32 Å². The van der Waals surface area contributed by atoms with E-state index in [4.69, 9.17) is 21.1 Å². The standard InChI is InChI=1S/C24H25ClN2O3/c1-16-7-9-17(10-8-16)15-30-23-21(25)12-18(13-22(23)29-2)11-19(14-26)24(28)27-20-5-3-4-6-20/h7-13,20H,3-6,15H2,1-2H3,(H,27,28)/b19-11-. The van der Waals surface area contributed by atoms with Crippen molar-refractivity contribution in [1.82, 2.24) is 5.32 Å². The van der Waals surface area contributed by atoms with E-state index in [0.717, 1.165) is 31.2 Å². The van der Waals surface area contributed by atoms with Crippen LogP contribution >= 0.6 is 11.6 Å². The van der Waals surface area contributed by atoms with Gasteiger partial charge in [-0.15, -0.1) is 0 Å². The number of carbonyl (C=O) groups is 1. The second kappa shape index (κ2) is 10.2. The van der Waals surface area contributed by atoms with Crippen LogP contribution in [0, 0.1) is 18.3 Å². The molecular formula is C24H25ClN2O3. The summed E-state index contributed by atoms with van der Waals surface area (Å²) in [6, 6.07) is 13.5.